The monoisotopic (exact) mass is 415 g/mol. The summed E-state index contributed by atoms with van der Waals surface area (Å²) in [7, 11) is -0.947. The first-order valence-corrected chi connectivity index (χ1v) is 10.2. The first-order valence-electron chi connectivity index (χ1n) is 7.50. The zero-order valence-electron chi connectivity index (χ0n) is 14.3. The number of benzene rings is 1. The van der Waals surface area contributed by atoms with Crippen molar-refractivity contribution in [1.82, 2.24) is 4.31 Å². The van der Waals surface area contributed by atoms with Crippen LogP contribution in [0.2, 0.25) is 5.02 Å². The zero-order chi connectivity index (χ0) is 19.5. The molecule has 1 heterocycles. The molecule has 0 radical (unpaired) electrons. The number of carbonyl (C=O) groups is 1. The fraction of sp³-hybridized carbons (Fsp3) is 0.250. The highest BCUT2D eigenvalue weighted by molar-refractivity contribution is 8.00. The average molecular weight is 416 g/mol. The predicted molar refractivity (Wildman–Crippen MR) is 102 cm³/mol. The molecule has 0 bridgehead atoms. The second-order valence-electron chi connectivity index (χ2n) is 5.55. The number of nitrogens with one attached hydrogen (secondary N) is 1. The molecule has 10 heteroatoms. The molecule has 26 heavy (non-hydrogen) atoms. The summed E-state index contributed by atoms with van der Waals surface area (Å²) in [5.41, 5.74) is 0.301. The normalized spacial score (nSPS) is 12.8. The summed E-state index contributed by atoms with van der Waals surface area (Å²) in [4.78, 5) is 12.3. The van der Waals surface area contributed by atoms with E-state index in [1.807, 2.05) is 0 Å². The smallest absolute Gasteiger partial charge is 0.252 e. The maximum absolute atomic E-state index is 12.4. The quantitative estimate of drug-likeness (QED) is 0.444. The molecule has 0 spiro atoms. The third-order valence-electron chi connectivity index (χ3n) is 3.41. The molecule has 0 saturated heterocycles. The SMILES string of the molecule is C[C@H](Sc1cccc[n+]1[O-])C(=O)Nc1ccc(Cl)c(S(=O)(=O)N(C)C)c1. The van der Waals surface area contributed by atoms with Gasteiger partial charge in [-0.25, -0.2) is 12.7 Å². The van der Waals surface area contributed by atoms with E-state index in [4.69, 9.17) is 11.6 Å². The second-order valence-corrected chi connectivity index (χ2v) is 9.44. The van der Waals surface area contributed by atoms with Crippen LogP contribution in [0.3, 0.4) is 0 Å². The Balaban J connectivity index is 2.18. The standard InChI is InChI=1S/C16H18ClN3O4S2/c1-11(25-15-6-4-5-9-20(15)22)16(21)18-12-7-8-13(17)14(10-12)26(23,24)19(2)3/h4-11H,1-3H3,(H,18,21)/t11-/m0/s1. The van der Waals surface area contributed by atoms with Gasteiger partial charge in [0, 0.05) is 31.9 Å². The molecule has 0 saturated carbocycles. The van der Waals surface area contributed by atoms with Gasteiger partial charge in [0.15, 0.2) is 6.20 Å². The summed E-state index contributed by atoms with van der Waals surface area (Å²) in [6.07, 6.45) is 1.35. The van der Waals surface area contributed by atoms with E-state index in [9.17, 15) is 18.4 Å². The van der Waals surface area contributed by atoms with Crippen molar-refractivity contribution >= 4 is 45.0 Å². The number of sulfonamides is 1. The maximum Gasteiger partial charge on any atom is 0.252 e. The van der Waals surface area contributed by atoms with Crippen molar-refractivity contribution in [2.24, 2.45) is 0 Å². The van der Waals surface area contributed by atoms with Crippen molar-refractivity contribution < 1.29 is 17.9 Å². The Kier molecular flexibility index (Phi) is 6.51. The summed E-state index contributed by atoms with van der Waals surface area (Å²) >= 11 is 7.09. The van der Waals surface area contributed by atoms with Crippen LogP contribution < -0.4 is 10.0 Å². The van der Waals surface area contributed by atoms with Crippen LogP contribution in [0.5, 0.6) is 0 Å². The zero-order valence-corrected chi connectivity index (χ0v) is 16.7. The summed E-state index contributed by atoms with van der Waals surface area (Å²) in [5, 5.41) is 14.2. The van der Waals surface area contributed by atoms with E-state index >= 15 is 0 Å². The minimum Gasteiger partial charge on any atom is -0.618 e. The molecule has 0 unspecified atom stereocenters. The maximum atomic E-state index is 12.4. The van der Waals surface area contributed by atoms with Gasteiger partial charge in [-0.05, 0) is 43.0 Å². The number of rotatable bonds is 6. The van der Waals surface area contributed by atoms with E-state index in [0.717, 1.165) is 16.1 Å². The number of thioether (sulfide) groups is 1. The molecule has 2 rings (SSSR count). The van der Waals surface area contributed by atoms with Gasteiger partial charge in [-0.1, -0.05) is 11.6 Å². The summed E-state index contributed by atoms with van der Waals surface area (Å²) < 4.78 is 26.3. The van der Waals surface area contributed by atoms with Gasteiger partial charge >= 0.3 is 0 Å². The Morgan fingerprint density at radius 3 is 2.62 bits per heavy atom. The van der Waals surface area contributed by atoms with Gasteiger partial charge in [-0.3, -0.25) is 4.79 Å². The minimum atomic E-state index is -3.74. The molecule has 0 aliphatic heterocycles. The van der Waals surface area contributed by atoms with Gasteiger partial charge in [0.25, 0.3) is 5.03 Å². The highest BCUT2D eigenvalue weighted by Gasteiger charge is 2.23. The molecule has 1 N–H and O–H groups in total. The Morgan fingerprint density at radius 2 is 2.00 bits per heavy atom. The summed E-state index contributed by atoms with van der Waals surface area (Å²) in [5.74, 6) is -0.366. The third kappa shape index (κ3) is 4.67. The van der Waals surface area contributed by atoms with Gasteiger partial charge in [-0.15, -0.1) is 0 Å². The number of halogens is 1. The second kappa shape index (κ2) is 8.26. The fourth-order valence-electron chi connectivity index (χ4n) is 1.96. The van der Waals surface area contributed by atoms with Crippen LogP contribution in [0.1, 0.15) is 6.92 Å². The van der Waals surface area contributed by atoms with E-state index in [1.165, 1.54) is 38.5 Å². The van der Waals surface area contributed by atoms with E-state index in [-0.39, 0.29) is 15.8 Å². The van der Waals surface area contributed by atoms with Crippen LogP contribution in [-0.2, 0) is 14.8 Å². The average Bonchev–Trinajstić information content (AvgIpc) is 2.58. The van der Waals surface area contributed by atoms with E-state index in [2.05, 4.69) is 5.32 Å². The van der Waals surface area contributed by atoms with Gasteiger partial charge in [0.05, 0.1) is 10.3 Å². The van der Waals surface area contributed by atoms with E-state index < -0.39 is 15.3 Å². The van der Waals surface area contributed by atoms with Crippen molar-refractivity contribution in [2.45, 2.75) is 22.1 Å². The van der Waals surface area contributed by atoms with Gasteiger partial charge < -0.3 is 10.5 Å². The first kappa shape index (κ1) is 20.5. The largest absolute Gasteiger partial charge is 0.618 e. The Labute approximate surface area is 161 Å². The molecule has 140 valence electrons. The summed E-state index contributed by atoms with van der Waals surface area (Å²) in [6.45, 7) is 1.65. The lowest BCUT2D eigenvalue weighted by molar-refractivity contribution is -0.645. The lowest BCUT2D eigenvalue weighted by atomic mass is 10.3. The number of nitrogens with zero attached hydrogens (tertiary/aromatic N) is 2. The van der Waals surface area contributed by atoms with Crippen molar-refractivity contribution in [3.63, 3.8) is 0 Å². The minimum absolute atomic E-state index is 0.0656. The number of carbonyl (C=O) groups excluding carboxylic acids is 1. The molecule has 1 aromatic carbocycles. The van der Waals surface area contributed by atoms with Crippen LogP contribution in [0, 0.1) is 5.21 Å². The van der Waals surface area contributed by atoms with Crippen LogP contribution in [0.4, 0.5) is 5.69 Å². The van der Waals surface area contributed by atoms with Gasteiger partial charge in [-0.2, -0.15) is 4.73 Å². The molecule has 0 aliphatic carbocycles. The first-order chi connectivity index (χ1) is 12.1. The molecule has 7 nitrogen and oxygen atoms in total. The van der Waals surface area contributed by atoms with Crippen molar-refractivity contribution in [1.29, 1.82) is 0 Å². The van der Waals surface area contributed by atoms with Gasteiger partial charge in [0.1, 0.15) is 4.90 Å². The highest BCUT2D eigenvalue weighted by Crippen LogP contribution is 2.27. The highest BCUT2D eigenvalue weighted by atomic mass is 35.5. The topological polar surface area (TPSA) is 93.4 Å². The molecule has 0 aliphatic rings. The number of hydrogen-bond donors (Lipinski definition) is 1. The lowest BCUT2D eigenvalue weighted by Crippen LogP contribution is -2.30. The van der Waals surface area contributed by atoms with Crippen LogP contribution in [0.15, 0.2) is 52.5 Å². The molecule has 0 fully saturated rings. The number of pyridine rings is 1. The number of amides is 1. The molecule has 2 aromatic rings. The van der Waals surface area contributed by atoms with E-state index in [1.54, 1.807) is 25.1 Å². The molecule has 1 atom stereocenters. The molecular formula is C16H18ClN3O4S2. The number of aromatic nitrogens is 1. The van der Waals surface area contributed by atoms with Crippen molar-refractivity contribution in [3.8, 4) is 0 Å². The van der Waals surface area contributed by atoms with Crippen LogP contribution >= 0.6 is 23.4 Å². The lowest BCUT2D eigenvalue weighted by Gasteiger charge is -2.15. The number of anilines is 1. The molecule has 1 amide bonds. The Morgan fingerprint density at radius 1 is 1.31 bits per heavy atom. The van der Waals surface area contributed by atoms with Crippen molar-refractivity contribution in [2.75, 3.05) is 19.4 Å². The Hall–Kier alpha value is -1.81. The van der Waals surface area contributed by atoms with Crippen LogP contribution in [-0.4, -0.2) is 38.0 Å². The third-order valence-corrected chi connectivity index (χ3v) is 6.83. The predicted octanol–water partition coefficient (Wildman–Crippen LogP) is 2.34. The number of hydrogen-bond acceptors (Lipinski definition) is 5. The van der Waals surface area contributed by atoms with Gasteiger partial charge in [0.2, 0.25) is 15.9 Å². The van der Waals surface area contributed by atoms with Crippen molar-refractivity contribution in [3.05, 3.63) is 52.8 Å². The Bertz CT molecular complexity index is 919. The van der Waals surface area contributed by atoms with Crippen LogP contribution in [0.25, 0.3) is 0 Å². The molecule has 1 aromatic heterocycles. The molecular weight excluding hydrogens is 398 g/mol. The van der Waals surface area contributed by atoms with E-state index in [0.29, 0.717) is 15.4 Å². The summed E-state index contributed by atoms with van der Waals surface area (Å²) in [6, 6.07) is 9.16. The fourth-order valence-corrected chi connectivity index (χ4v) is 4.20.